The number of nitrogens with zero attached hydrogens (tertiary/aromatic N) is 3. The summed E-state index contributed by atoms with van der Waals surface area (Å²) in [6, 6.07) is 10.9. The van der Waals surface area contributed by atoms with Crippen molar-refractivity contribution in [2.75, 3.05) is 31.5 Å². The van der Waals surface area contributed by atoms with E-state index in [1.165, 1.54) is 17.3 Å². The summed E-state index contributed by atoms with van der Waals surface area (Å²) < 4.78 is 27.7. The molecule has 0 aromatic heterocycles. The highest BCUT2D eigenvalue weighted by Gasteiger charge is 2.28. The summed E-state index contributed by atoms with van der Waals surface area (Å²) in [6.45, 7) is 2.16. The number of halogens is 1. The number of sulfonamides is 1. The molecule has 140 valence electrons. The molecule has 0 aliphatic heterocycles. The Kier molecular flexibility index (Phi) is 6.22. The molecule has 0 atom stereocenters. The lowest BCUT2D eigenvalue weighted by Gasteiger charge is -2.26. The van der Waals surface area contributed by atoms with Gasteiger partial charge in [0, 0.05) is 24.7 Å². The smallest absolute Gasteiger partial charge is 0.275 e. The largest absolute Gasteiger partial charge is 0.308 e. The van der Waals surface area contributed by atoms with E-state index >= 15 is 0 Å². The molecule has 0 amide bonds. The lowest BCUT2D eigenvalue weighted by molar-refractivity contribution is -0.385. The Morgan fingerprint density at radius 3 is 2.27 bits per heavy atom. The predicted molar refractivity (Wildman–Crippen MR) is 102 cm³/mol. The average Bonchev–Trinajstić information content (AvgIpc) is 2.57. The van der Waals surface area contributed by atoms with Gasteiger partial charge < -0.3 is 4.90 Å². The SMILES string of the molecule is Cc1c(Cl)cc(S(=O)(=O)N(CCN(C)C)c2ccccc2)cc1[N+](=O)[O-]. The summed E-state index contributed by atoms with van der Waals surface area (Å²) in [7, 11) is -0.354. The van der Waals surface area contributed by atoms with Gasteiger partial charge in [0.05, 0.1) is 20.5 Å². The minimum Gasteiger partial charge on any atom is -0.308 e. The molecule has 9 heteroatoms. The maximum Gasteiger partial charge on any atom is 0.275 e. The summed E-state index contributed by atoms with van der Waals surface area (Å²) in [6.07, 6.45) is 0. The van der Waals surface area contributed by atoms with E-state index in [2.05, 4.69) is 0 Å². The molecule has 0 fully saturated rings. The van der Waals surface area contributed by atoms with E-state index in [4.69, 9.17) is 11.6 Å². The van der Waals surface area contributed by atoms with Crippen molar-refractivity contribution in [3.05, 3.63) is 63.2 Å². The van der Waals surface area contributed by atoms with Crippen molar-refractivity contribution >= 4 is 33.0 Å². The van der Waals surface area contributed by atoms with Crippen LogP contribution in [0.15, 0.2) is 47.4 Å². The van der Waals surface area contributed by atoms with Gasteiger partial charge in [0.2, 0.25) is 0 Å². The van der Waals surface area contributed by atoms with Gasteiger partial charge in [-0.25, -0.2) is 8.42 Å². The predicted octanol–water partition coefficient (Wildman–Crippen LogP) is 3.31. The van der Waals surface area contributed by atoms with Crippen LogP contribution in [0.1, 0.15) is 5.56 Å². The minimum absolute atomic E-state index is 0.0402. The van der Waals surface area contributed by atoms with Gasteiger partial charge in [0.15, 0.2) is 0 Å². The average molecular weight is 398 g/mol. The van der Waals surface area contributed by atoms with Crippen LogP contribution < -0.4 is 4.31 Å². The molecular formula is C17H20ClN3O4S. The van der Waals surface area contributed by atoms with Crippen molar-refractivity contribution in [3.63, 3.8) is 0 Å². The first kappa shape index (κ1) is 20.2. The molecule has 26 heavy (non-hydrogen) atoms. The Morgan fingerprint density at radius 1 is 1.12 bits per heavy atom. The third-order valence-electron chi connectivity index (χ3n) is 3.87. The van der Waals surface area contributed by atoms with Gasteiger partial charge in [-0.1, -0.05) is 29.8 Å². The Hall–Kier alpha value is -2.16. The summed E-state index contributed by atoms with van der Waals surface area (Å²) in [5.41, 5.74) is 0.389. The molecule has 2 aromatic carbocycles. The van der Waals surface area contributed by atoms with Crippen LogP contribution in [-0.2, 0) is 10.0 Å². The number of likely N-dealkylation sites (N-methyl/N-ethyl adjacent to an activating group) is 1. The van der Waals surface area contributed by atoms with E-state index < -0.39 is 14.9 Å². The normalized spacial score (nSPS) is 11.6. The van der Waals surface area contributed by atoms with E-state index in [1.807, 2.05) is 19.0 Å². The second kappa shape index (κ2) is 8.03. The second-order valence-corrected chi connectivity index (χ2v) is 8.29. The number of benzene rings is 2. The third kappa shape index (κ3) is 4.32. The highest BCUT2D eigenvalue weighted by Crippen LogP contribution is 2.32. The van der Waals surface area contributed by atoms with E-state index in [0.717, 1.165) is 6.07 Å². The molecule has 0 saturated heterocycles. The van der Waals surface area contributed by atoms with E-state index in [9.17, 15) is 18.5 Å². The summed E-state index contributed by atoms with van der Waals surface area (Å²) in [5.74, 6) is 0. The number of nitro groups is 1. The van der Waals surface area contributed by atoms with E-state index in [-0.39, 0.29) is 27.7 Å². The molecule has 2 aromatic rings. The summed E-state index contributed by atoms with van der Waals surface area (Å²) in [5, 5.41) is 11.3. The molecule has 0 aliphatic rings. The van der Waals surface area contributed by atoms with Gasteiger partial charge in [-0.2, -0.15) is 0 Å². The zero-order valence-corrected chi connectivity index (χ0v) is 16.3. The zero-order chi connectivity index (χ0) is 19.5. The van der Waals surface area contributed by atoms with Gasteiger partial charge in [0.25, 0.3) is 15.7 Å². The fourth-order valence-electron chi connectivity index (χ4n) is 2.38. The van der Waals surface area contributed by atoms with Crippen molar-refractivity contribution in [3.8, 4) is 0 Å². The molecule has 0 N–H and O–H groups in total. The fraction of sp³-hybridized carbons (Fsp3) is 0.294. The zero-order valence-electron chi connectivity index (χ0n) is 14.7. The van der Waals surface area contributed by atoms with Crippen LogP contribution >= 0.6 is 11.6 Å². The van der Waals surface area contributed by atoms with Crippen LogP contribution in [-0.4, -0.2) is 45.4 Å². The van der Waals surface area contributed by atoms with Crippen molar-refractivity contribution in [2.24, 2.45) is 0 Å². The Balaban J connectivity index is 2.58. The van der Waals surface area contributed by atoms with Crippen molar-refractivity contribution in [2.45, 2.75) is 11.8 Å². The third-order valence-corrected chi connectivity index (χ3v) is 6.07. The molecule has 0 bridgehead atoms. The Labute approximate surface area is 158 Å². The van der Waals surface area contributed by atoms with Crippen LogP contribution in [0.2, 0.25) is 5.02 Å². The highest BCUT2D eigenvalue weighted by molar-refractivity contribution is 7.92. The second-order valence-electron chi connectivity index (χ2n) is 6.02. The first-order chi connectivity index (χ1) is 12.1. The Bertz CT molecular complexity index is 902. The number of anilines is 1. The molecule has 0 heterocycles. The minimum atomic E-state index is -4.03. The number of rotatable bonds is 7. The van der Waals surface area contributed by atoms with Crippen molar-refractivity contribution in [1.82, 2.24) is 4.90 Å². The summed E-state index contributed by atoms with van der Waals surface area (Å²) in [4.78, 5) is 12.3. The highest BCUT2D eigenvalue weighted by atomic mass is 35.5. The molecule has 0 unspecified atom stereocenters. The lowest BCUT2D eigenvalue weighted by atomic mass is 10.2. The van der Waals surface area contributed by atoms with Crippen molar-refractivity contribution < 1.29 is 13.3 Å². The van der Waals surface area contributed by atoms with Gasteiger partial charge in [-0.15, -0.1) is 0 Å². The van der Waals surface area contributed by atoms with Crippen LogP contribution in [0.5, 0.6) is 0 Å². The fourth-order valence-corrected chi connectivity index (χ4v) is 4.16. The Morgan fingerprint density at radius 2 is 1.73 bits per heavy atom. The van der Waals surface area contributed by atoms with Gasteiger partial charge in [0.1, 0.15) is 0 Å². The lowest BCUT2D eigenvalue weighted by Crippen LogP contribution is -2.36. The van der Waals surface area contributed by atoms with E-state index in [1.54, 1.807) is 30.3 Å². The van der Waals surface area contributed by atoms with E-state index in [0.29, 0.717) is 12.2 Å². The van der Waals surface area contributed by atoms with Crippen LogP contribution in [0.25, 0.3) is 0 Å². The van der Waals surface area contributed by atoms with Crippen LogP contribution in [0, 0.1) is 17.0 Å². The number of hydrogen-bond acceptors (Lipinski definition) is 5. The standard InChI is InChI=1S/C17H20ClN3O4S/c1-13-16(18)11-15(12-17(13)21(22)23)26(24,25)20(10-9-19(2)3)14-7-5-4-6-8-14/h4-8,11-12H,9-10H2,1-3H3. The van der Waals surface area contributed by atoms with Crippen LogP contribution in [0.3, 0.4) is 0 Å². The van der Waals surface area contributed by atoms with Gasteiger partial charge in [-0.3, -0.25) is 14.4 Å². The first-order valence-electron chi connectivity index (χ1n) is 7.81. The number of para-hydroxylation sites is 1. The molecule has 0 spiro atoms. The maximum atomic E-state index is 13.2. The molecule has 0 saturated carbocycles. The maximum absolute atomic E-state index is 13.2. The van der Waals surface area contributed by atoms with Gasteiger partial charge >= 0.3 is 0 Å². The topological polar surface area (TPSA) is 83.8 Å². The molecule has 7 nitrogen and oxygen atoms in total. The molecular weight excluding hydrogens is 378 g/mol. The first-order valence-corrected chi connectivity index (χ1v) is 9.63. The summed E-state index contributed by atoms with van der Waals surface area (Å²) >= 11 is 6.05. The number of nitro benzene ring substituents is 1. The monoisotopic (exact) mass is 397 g/mol. The van der Waals surface area contributed by atoms with Crippen LogP contribution in [0.4, 0.5) is 11.4 Å². The molecule has 0 radical (unpaired) electrons. The van der Waals surface area contributed by atoms with Gasteiger partial charge in [-0.05, 0) is 39.2 Å². The number of hydrogen-bond donors (Lipinski definition) is 0. The quantitative estimate of drug-likeness (QED) is 0.528. The molecule has 0 aliphatic carbocycles. The van der Waals surface area contributed by atoms with Crippen molar-refractivity contribution in [1.29, 1.82) is 0 Å². The molecule has 2 rings (SSSR count).